The van der Waals surface area contributed by atoms with Crippen molar-refractivity contribution in [3.8, 4) is 5.75 Å². The van der Waals surface area contributed by atoms with Crippen LogP contribution >= 0.6 is 0 Å². The SMILES string of the molecule is COCCCOc1cccc(C(N)CN)c1. The maximum atomic E-state index is 5.84. The Labute approximate surface area is 96.5 Å². The summed E-state index contributed by atoms with van der Waals surface area (Å²) in [6.07, 6.45) is 0.879. The smallest absolute Gasteiger partial charge is 0.119 e. The molecule has 4 nitrogen and oxygen atoms in total. The Hall–Kier alpha value is -1.10. The van der Waals surface area contributed by atoms with E-state index in [-0.39, 0.29) is 6.04 Å². The van der Waals surface area contributed by atoms with Gasteiger partial charge >= 0.3 is 0 Å². The fourth-order valence-electron chi connectivity index (χ4n) is 1.36. The van der Waals surface area contributed by atoms with Crippen LogP contribution in [0, 0.1) is 0 Å². The molecular formula is C12H20N2O2. The lowest BCUT2D eigenvalue weighted by Crippen LogP contribution is -2.20. The van der Waals surface area contributed by atoms with E-state index < -0.39 is 0 Å². The molecule has 0 aromatic heterocycles. The summed E-state index contributed by atoms with van der Waals surface area (Å²) in [4.78, 5) is 0. The minimum atomic E-state index is -0.123. The summed E-state index contributed by atoms with van der Waals surface area (Å²) in [5.41, 5.74) is 12.4. The fraction of sp³-hybridized carbons (Fsp3) is 0.500. The van der Waals surface area contributed by atoms with Crippen LogP contribution in [0.3, 0.4) is 0 Å². The molecule has 0 heterocycles. The van der Waals surface area contributed by atoms with Crippen molar-refractivity contribution in [2.24, 2.45) is 11.5 Å². The summed E-state index contributed by atoms with van der Waals surface area (Å²) in [7, 11) is 1.68. The predicted molar refractivity (Wildman–Crippen MR) is 64.4 cm³/mol. The first kappa shape index (κ1) is 13.0. The highest BCUT2D eigenvalue weighted by Gasteiger charge is 2.04. The van der Waals surface area contributed by atoms with E-state index in [1.165, 1.54) is 0 Å². The molecule has 0 saturated heterocycles. The third kappa shape index (κ3) is 4.18. The van der Waals surface area contributed by atoms with Gasteiger partial charge in [-0.15, -0.1) is 0 Å². The molecule has 0 bridgehead atoms. The van der Waals surface area contributed by atoms with Crippen LogP contribution in [0.4, 0.5) is 0 Å². The third-order valence-electron chi connectivity index (χ3n) is 2.30. The number of ether oxygens (including phenoxy) is 2. The van der Waals surface area contributed by atoms with Crippen LogP contribution < -0.4 is 16.2 Å². The van der Waals surface area contributed by atoms with E-state index in [0.29, 0.717) is 19.8 Å². The van der Waals surface area contributed by atoms with Crippen LogP contribution in [-0.4, -0.2) is 26.9 Å². The second kappa shape index (κ2) is 7.22. The average molecular weight is 224 g/mol. The summed E-state index contributed by atoms with van der Waals surface area (Å²) in [6, 6.07) is 7.61. The zero-order valence-corrected chi connectivity index (χ0v) is 9.69. The molecule has 1 aromatic carbocycles. The van der Waals surface area contributed by atoms with Crippen molar-refractivity contribution in [3.63, 3.8) is 0 Å². The zero-order valence-electron chi connectivity index (χ0n) is 9.69. The summed E-state index contributed by atoms with van der Waals surface area (Å²) >= 11 is 0. The normalized spacial score (nSPS) is 12.4. The molecule has 0 fully saturated rings. The predicted octanol–water partition coefficient (Wildman–Crippen LogP) is 1.06. The van der Waals surface area contributed by atoms with E-state index in [1.54, 1.807) is 7.11 Å². The molecule has 90 valence electrons. The van der Waals surface area contributed by atoms with Crippen LogP contribution in [0.15, 0.2) is 24.3 Å². The van der Waals surface area contributed by atoms with Gasteiger partial charge in [-0.1, -0.05) is 12.1 Å². The lowest BCUT2D eigenvalue weighted by molar-refractivity contribution is 0.172. The molecule has 0 aliphatic rings. The Bertz CT molecular complexity index is 305. The first-order valence-corrected chi connectivity index (χ1v) is 5.45. The molecule has 1 aromatic rings. The highest BCUT2D eigenvalue weighted by atomic mass is 16.5. The van der Waals surface area contributed by atoms with Gasteiger partial charge in [0.2, 0.25) is 0 Å². The second-order valence-corrected chi connectivity index (χ2v) is 3.61. The van der Waals surface area contributed by atoms with E-state index in [4.69, 9.17) is 20.9 Å². The summed E-state index contributed by atoms with van der Waals surface area (Å²) in [5.74, 6) is 0.831. The van der Waals surface area contributed by atoms with E-state index in [2.05, 4.69) is 0 Å². The Morgan fingerprint density at radius 1 is 1.31 bits per heavy atom. The van der Waals surface area contributed by atoms with Gasteiger partial charge < -0.3 is 20.9 Å². The Kier molecular flexibility index (Phi) is 5.85. The molecule has 16 heavy (non-hydrogen) atoms. The molecule has 0 aliphatic heterocycles. The topological polar surface area (TPSA) is 70.5 Å². The van der Waals surface area contributed by atoms with Gasteiger partial charge in [-0.3, -0.25) is 0 Å². The Balaban J connectivity index is 2.47. The van der Waals surface area contributed by atoms with Crippen LogP contribution in [0.1, 0.15) is 18.0 Å². The Morgan fingerprint density at radius 2 is 2.12 bits per heavy atom. The monoisotopic (exact) mass is 224 g/mol. The second-order valence-electron chi connectivity index (χ2n) is 3.61. The molecule has 0 saturated carbocycles. The summed E-state index contributed by atoms with van der Waals surface area (Å²) < 4.78 is 10.5. The number of nitrogens with two attached hydrogens (primary N) is 2. The first-order chi connectivity index (χ1) is 7.77. The lowest BCUT2D eigenvalue weighted by Gasteiger charge is -2.11. The van der Waals surface area contributed by atoms with Crippen molar-refractivity contribution in [1.29, 1.82) is 0 Å². The quantitative estimate of drug-likeness (QED) is 0.679. The van der Waals surface area contributed by atoms with Crippen molar-refractivity contribution >= 4 is 0 Å². The van der Waals surface area contributed by atoms with Gasteiger partial charge in [-0.25, -0.2) is 0 Å². The minimum absolute atomic E-state index is 0.123. The summed E-state index contributed by atoms with van der Waals surface area (Å²) in [6.45, 7) is 1.80. The molecule has 0 aliphatic carbocycles. The highest BCUT2D eigenvalue weighted by Crippen LogP contribution is 2.17. The highest BCUT2D eigenvalue weighted by molar-refractivity contribution is 5.30. The molecule has 4 N–H and O–H groups in total. The molecule has 4 heteroatoms. The molecule has 1 rings (SSSR count). The minimum Gasteiger partial charge on any atom is -0.493 e. The van der Waals surface area contributed by atoms with Gasteiger partial charge in [0, 0.05) is 32.7 Å². The summed E-state index contributed by atoms with van der Waals surface area (Å²) in [5, 5.41) is 0. The van der Waals surface area contributed by atoms with Gasteiger partial charge in [-0.2, -0.15) is 0 Å². The van der Waals surface area contributed by atoms with E-state index in [1.807, 2.05) is 24.3 Å². The van der Waals surface area contributed by atoms with Gasteiger partial charge in [0.1, 0.15) is 5.75 Å². The van der Waals surface area contributed by atoms with Crippen molar-refractivity contribution in [2.45, 2.75) is 12.5 Å². The number of benzene rings is 1. The average Bonchev–Trinajstić information content (AvgIpc) is 2.34. The fourth-order valence-corrected chi connectivity index (χ4v) is 1.36. The van der Waals surface area contributed by atoms with E-state index in [0.717, 1.165) is 17.7 Å². The largest absolute Gasteiger partial charge is 0.493 e. The van der Waals surface area contributed by atoms with Crippen molar-refractivity contribution < 1.29 is 9.47 Å². The molecular weight excluding hydrogens is 204 g/mol. The number of hydrogen-bond donors (Lipinski definition) is 2. The molecule has 1 unspecified atom stereocenters. The molecule has 0 spiro atoms. The van der Waals surface area contributed by atoms with Crippen LogP contribution in [0.25, 0.3) is 0 Å². The van der Waals surface area contributed by atoms with E-state index in [9.17, 15) is 0 Å². The molecule has 0 amide bonds. The lowest BCUT2D eigenvalue weighted by atomic mass is 10.1. The maximum Gasteiger partial charge on any atom is 0.119 e. The van der Waals surface area contributed by atoms with Crippen LogP contribution in [0.2, 0.25) is 0 Å². The third-order valence-corrected chi connectivity index (χ3v) is 2.30. The van der Waals surface area contributed by atoms with Crippen molar-refractivity contribution in [2.75, 3.05) is 26.9 Å². The van der Waals surface area contributed by atoms with Crippen molar-refractivity contribution in [3.05, 3.63) is 29.8 Å². The van der Waals surface area contributed by atoms with Crippen LogP contribution in [-0.2, 0) is 4.74 Å². The first-order valence-electron chi connectivity index (χ1n) is 5.45. The van der Waals surface area contributed by atoms with Crippen molar-refractivity contribution in [1.82, 2.24) is 0 Å². The number of hydrogen-bond acceptors (Lipinski definition) is 4. The van der Waals surface area contributed by atoms with E-state index >= 15 is 0 Å². The Morgan fingerprint density at radius 3 is 2.81 bits per heavy atom. The standard InChI is InChI=1S/C12H20N2O2/c1-15-6-3-7-16-11-5-2-4-10(8-11)12(14)9-13/h2,4-5,8,12H,3,6-7,9,13-14H2,1H3. The van der Waals surface area contributed by atoms with Crippen LogP contribution in [0.5, 0.6) is 5.75 Å². The van der Waals surface area contributed by atoms with Gasteiger partial charge in [0.15, 0.2) is 0 Å². The van der Waals surface area contributed by atoms with Gasteiger partial charge in [-0.05, 0) is 17.7 Å². The molecule has 0 radical (unpaired) electrons. The maximum absolute atomic E-state index is 5.84. The molecule has 1 atom stereocenters. The zero-order chi connectivity index (χ0) is 11.8. The van der Waals surface area contributed by atoms with Gasteiger partial charge in [0.05, 0.1) is 6.61 Å². The van der Waals surface area contributed by atoms with Gasteiger partial charge in [0.25, 0.3) is 0 Å². The number of methoxy groups -OCH3 is 1. The number of rotatable bonds is 7.